The summed E-state index contributed by atoms with van der Waals surface area (Å²) in [5.74, 6) is 1.05. The molecule has 1 fully saturated rings. The molecule has 0 saturated carbocycles. The average Bonchev–Trinajstić information content (AvgIpc) is 2.59. The molecule has 142 valence electrons. The van der Waals surface area contributed by atoms with Crippen LogP contribution in [0.2, 0.25) is 0 Å². The Bertz CT molecular complexity index is 528. The summed E-state index contributed by atoms with van der Waals surface area (Å²) in [7, 11) is 2.13. The Morgan fingerprint density at radius 1 is 1.44 bits per heavy atom. The van der Waals surface area contributed by atoms with Crippen molar-refractivity contribution in [3.05, 3.63) is 11.9 Å². The lowest BCUT2D eigenvalue weighted by Crippen LogP contribution is -2.37. The van der Waals surface area contributed by atoms with Crippen LogP contribution in [0.3, 0.4) is 0 Å². The fourth-order valence-electron chi connectivity index (χ4n) is 2.22. The van der Waals surface area contributed by atoms with Gasteiger partial charge in [0.2, 0.25) is 0 Å². The molecule has 1 saturated heterocycles. The first-order valence-electron chi connectivity index (χ1n) is 8.59. The first-order chi connectivity index (χ1) is 11.8. The predicted octanol–water partition coefficient (Wildman–Crippen LogP) is 1.54. The zero-order valence-corrected chi connectivity index (χ0v) is 15.9. The highest BCUT2D eigenvalue weighted by atomic mass is 16.3. The van der Waals surface area contributed by atoms with Gasteiger partial charge in [-0.3, -0.25) is 0 Å². The molecular weight excluding hydrogens is 320 g/mol. The highest BCUT2D eigenvalue weighted by Gasteiger charge is 2.19. The van der Waals surface area contributed by atoms with Crippen molar-refractivity contribution in [1.29, 1.82) is 5.41 Å². The summed E-state index contributed by atoms with van der Waals surface area (Å²) in [6, 6.07) is 0.397. The highest BCUT2D eigenvalue weighted by Crippen LogP contribution is 2.21. The Hall–Kier alpha value is -2.06. The number of nitrogens with one attached hydrogen (secondary N) is 2. The lowest BCUT2D eigenvalue weighted by Gasteiger charge is -2.30. The van der Waals surface area contributed by atoms with E-state index >= 15 is 0 Å². The van der Waals surface area contributed by atoms with Crippen LogP contribution in [0.25, 0.3) is 0 Å². The van der Waals surface area contributed by atoms with Gasteiger partial charge in [0.05, 0.1) is 5.56 Å². The molecule has 0 amide bonds. The quantitative estimate of drug-likeness (QED) is 0.478. The molecule has 8 heteroatoms. The van der Waals surface area contributed by atoms with Crippen LogP contribution < -0.4 is 11.1 Å². The van der Waals surface area contributed by atoms with E-state index < -0.39 is 6.10 Å². The molecule has 0 radical (unpaired) electrons. The zero-order chi connectivity index (χ0) is 19.4. The number of likely N-dealkylation sites (tertiary alicyclic amines) is 1. The Balaban J connectivity index is 0.000000710. The summed E-state index contributed by atoms with van der Waals surface area (Å²) in [5, 5.41) is 19.1. The molecule has 0 aliphatic carbocycles. The number of hydrogen-bond donors (Lipinski definition) is 4. The van der Waals surface area contributed by atoms with Crippen LogP contribution in [0.5, 0.6) is 0 Å². The molecule has 2 rings (SSSR count). The maximum atomic E-state index is 9.25. The van der Waals surface area contributed by atoms with Crippen molar-refractivity contribution >= 4 is 23.6 Å². The summed E-state index contributed by atoms with van der Waals surface area (Å²) in [4.78, 5) is 19.7. The molecule has 1 aromatic heterocycles. The minimum Gasteiger partial charge on any atom is -0.386 e. The molecule has 1 aromatic rings. The first kappa shape index (κ1) is 22.9. The molecule has 25 heavy (non-hydrogen) atoms. The lowest BCUT2D eigenvalue weighted by atomic mass is 10.0. The summed E-state index contributed by atoms with van der Waals surface area (Å²) in [5.41, 5.74) is 6.82. The molecule has 8 nitrogen and oxygen atoms in total. The topological polar surface area (TPSA) is 128 Å². The molecule has 1 aliphatic heterocycles. The standard InChI is InChI=1S/C12H20N6.C3H6O2.C2H6/c1-8(13)10-11(14)15-7-16-12(10)17-9-3-5-18(2)6-4-9;1-3(5)2-4;1-2/h7,9,13H,3-6H2,1-2H3,(H3,14,15,16,17);2-3,5H,1H3;1-2H3. The number of nitrogens with two attached hydrogens (primary N) is 1. The van der Waals surface area contributed by atoms with E-state index in [0.717, 1.165) is 25.9 Å². The van der Waals surface area contributed by atoms with E-state index in [1.54, 1.807) is 6.92 Å². The van der Waals surface area contributed by atoms with Gasteiger partial charge in [0.25, 0.3) is 0 Å². The van der Waals surface area contributed by atoms with Crippen LogP contribution in [0.4, 0.5) is 11.6 Å². The Morgan fingerprint density at radius 2 is 1.96 bits per heavy atom. The molecule has 1 aliphatic rings. The number of carbonyl (C=O) groups excluding carboxylic acids is 1. The van der Waals surface area contributed by atoms with Gasteiger partial charge in [-0.15, -0.1) is 0 Å². The molecule has 1 unspecified atom stereocenters. The molecule has 1 atom stereocenters. The maximum absolute atomic E-state index is 9.25. The van der Waals surface area contributed by atoms with Crippen molar-refractivity contribution in [2.24, 2.45) is 0 Å². The summed E-state index contributed by atoms with van der Waals surface area (Å²) in [6.07, 6.45) is 3.28. The van der Waals surface area contributed by atoms with E-state index in [1.165, 1.54) is 13.3 Å². The summed E-state index contributed by atoms with van der Waals surface area (Å²) >= 11 is 0. The molecule has 0 aromatic carbocycles. The van der Waals surface area contributed by atoms with Gasteiger partial charge in [-0.25, -0.2) is 9.97 Å². The van der Waals surface area contributed by atoms with Gasteiger partial charge in [-0.2, -0.15) is 0 Å². The molecular formula is C17H32N6O2. The van der Waals surface area contributed by atoms with Crippen LogP contribution in [-0.2, 0) is 4.79 Å². The Labute approximate surface area is 150 Å². The number of rotatable bonds is 4. The molecule has 2 heterocycles. The minimum atomic E-state index is -0.796. The summed E-state index contributed by atoms with van der Waals surface area (Å²) in [6.45, 7) is 9.27. The van der Waals surface area contributed by atoms with Crippen molar-refractivity contribution in [2.75, 3.05) is 31.2 Å². The number of carbonyl (C=O) groups is 1. The number of hydrogen-bond acceptors (Lipinski definition) is 8. The fraction of sp³-hybridized carbons (Fsp3) is 0.647. The van der Waals surface area contributed by atoms with Crippen molar-refractivity contribution in [3.8, 4) is 0 Å². The normalized spacial score (nSPS) is 15.8. The van der Waals surface area contributed by atoms with Gasteiger partial charge < -0.3 is 31.3 Å². The van der Waals surface area contributed by atoms with Gasteiger partial charge in [-0.05, 0) is 46.8 Å². The van der Waals surface area contributed by atoms with Crippen molar-refractivity contribution < 1.29 is 9.90 Å². The van der Waals surface area contributed by atoms with Crippen LogP contribution in [0, 0.1) is 5.41 Å². The smallest absolute Gasteiger partial charge is 0.148 e. The van der Waals surface area contributed by atoms with E-state index in [4.69, 9.17) is 16.2 Å². The third kappa shape index (κ3) is 8.55. The predicted molar refractivity (Wildman–Crippen MR) is 102 cm³/mol. The minimum absolute atomic E-state index is 0.368. The molecule has 0 bridgehead atoms. The first-order valence-corrected chi connectivity index (χ1v) is 8.59. The number of aliphatic hydroxyl groups excluding tert-OH is 1. The number of aliphatic hydroxyl groups is 1. The van der Waals surface area contributed by atoms with Gasteiger partial charge in [0, 0.05) is 11.8 Å². The van der Waals surface area contributed by atoms with Crippen LogP contribution in [0.1, 0.15) is 46.1 Å². The van der Waals surface area contributed by atoms with Crippen molar-refractivity contribution in [2.45, 2.75) is 52.7 Å². The van der Waals surface area contributed by atoms with Crippen molar-refractivity contribution in [1.82, 2.24) is 14.9 Å². The van der Waals surface area contributed by atoms with Crippen LogP contribution in [0.15, 0.2) is 6.33 Å². The summed E-state index contributed by atoms with van der Waals surface area (Å²) < 4.78 is 0. The number of nitrogen functional groups attached to an aromatic ring is 1. The van der Waals surface area contributed by atoms with E-state index in [2.05, 4.69) is 27.2 Å². The Kier molecular flexibility index (Phi) is 11.3. The lowest BCUT2D eigenvalue weighted by molar-refractivity contribution is -0.114. The number of aldehydes is 1. The number of piperidine rings is 1. The number of aromatic nitrogens is 2. The van der Waals surface area contributed by atoms with Crippen molar-refractivity contribution in [3.63, 3.8) is 0 Å². The van der Waals surface area contributed by atoms with Gasteiger partial charge in [0.15, 0.2) is 0 Å². The third-order valence-electron chi connectivity index (χ3n) is 3.51. The molecule has 5 N–H and O–H groups in total. The van der Waals surface area contributed by atoms with E-state index in [-0.39, 0.29) is 0 Å². The zero-order valence-electron chi connectivity index (χ0n) is 15.9. The van der Waals surface area contributed by atoms with Gasteiger partial charge >= 0.3 is 0 Å². The number of anilines is 2. The van der Waals surface area contributed by atoms with E-state index in [1.807, 2.05) is 13.8 Å². The van der Waals surface area contributed by atoms with Crippen LogP contribution in [-0.4, -0.2) is 64.3 Å². The number of nitrogens with zero attached hydrogens (tertiary/aromatic N) is 3. The molecule has 0 spiro atoms. The third-order valence-corrected chi connectivity index (χ3v) is 3.51. The Morgan fingerprint density at radius 3 is 2.40 bits per heavy atom. The second-order valence-electron chi connectivity index (χ2n) is 5.71. The van der Waals surface area contributed by atoms with Gasteiger partial charge in [0.1, 0.15) is 30.4 Å². The second kappa shape index (κ2) is 12.3. The SMILES string of the molecule is CC.CC(=N)c1c(N)ncnc1NC1CCN(C)CC1.CC(O)C=O. The van der Waals surface area contributed by atoms with Gasteiger partial charge in [-0.1, -0.05) is 13.8 Å². The van der Waals surface area contributed by atoms with E-state index in [9.17, 15) is 4.79 Å². The fourth-order valence-corrected chi connectivity index (χ4v) is 2.22. The highest BCUT2D eigenvalue weighted by molar-refractivity contribution is 6.04. The largest absolute Gasteiger partial charge is 0.386 e. The van der Waals surface area contributed by atoms with Crippen LogP contribution >= 0.6 is 0 Å². The monoisotopic (exact) mass is 352 g/mol. The second-order valence-corrected chi connectivity index (χ2v) is 5.71. The van der Waals surface area contributed by atoms with E-state index in [0.29, 0.717) is 35.2 Å². The average molecular weight is 352 g/mol. The maximum Gasteiger partial charge on any atom is 0.148 e.